The van der Waals surface area contributed by atoms with Gasteiger partial charge in [0.25, 0.3) is 6.71 Å². The highest BCUT2D eigenvalue weighted by Gasteiger charge is 2.47. The number of allylic oxidation sites excluding steroid dienone is 6. The van der Waals surface area contributed by atoms with E-state index in [1.807, 2.05) is 11.8 Å². The van der Waals surface area contributed by atoms with Crippen molar-refractivity contribution in [3.63, 3.8) is 0 Å². The monoisotopic (exact) mass is 1230 g/mol. The summed E-state index contributed by atoms with van der Waals surface area (Å²) in [5.41, 5.74) is 26.9. The van der Waals surface area contributed by atoms with E-state index in [0.29, 0.717) is 17.8 Å². The van der Waals surface area contributed by atoms with E-state index in [9.17, 15) is 0 Å². The van der Waals surface area contributed by atoms with Crippen LogP contribution >= 0.6 is 11.8 Å². The zero-order chi connectivity index (χ0) is 64.0. The Kier molecular flexibility index (Phi) is 14.4. The molecule has 0 fully saturated rings. The van der Waals surface area contributed by atoms with Crippen molar-refractivity contribution in [3.8, 4) is 27.9 Å². The number of hydrogen-bond donors (Lipinski definition) is 0. The minimum Gasteiger partial charge on any atom is -0.333 e. The van der Waals surface area contributed by atoms with Gasteiger partial charge in [0.1, 0.15) is 0 Å². The summed E-state index contributed by atoms with van der Waals surface area (Å²) in [6.07, 6.45) is 17.6. The van der Waals surface area contributed by atoms with Crippen molar-refractivity contribution < 1.29 is 0 Å². The molecule has 2 aliphatic heterocycles. The Hall–Kier alpha value is -7.99. The van der Waals surface area contributed by atoms with Gasteiger partial charge in [0.15, 0.2) is 0 Å². The third kappa shape index (κ3) is 10.1. The Morgan fingerprint density at radius 2 is 1.02 bits per heavy atom. The molecule has 0 amide bonds. The van der Waals surface area contributed by atoms with E-state index in [1.54, 1.807) is 16.7 Å². The summed E-state index contributed by atoms with van der Waals surface area (Å²) < 4.78 is 5.49. The zero-order valence-electron chi connectivity index (χ0n) is 56.9. The van der Waals surface area contributed by atoms with E-state index in [2.05, 4.69) is 303 Å². The van der Waals surface area contributed by atoms with Gasteiger partial charge in [-0.3, -0.25) is 0 Å². The fraction of sp³-hybridized carbons (Fsp3) is 0.318. The van der Waals surface area contributed by atoms with Crippen LogP contribution in [0, 0.1) is 28.6 Å². The van der Waals surface area contributed by atoms with Crippen LogP contribution in [0.1, 0.15) is 152 Å². The van der Waals surface area contributed by atoms with Gasteiger partial charge in [-0.25, -0.2) is 0 Å². The Morgan fingerprint density at radius 3 is 1.60 bits per heavy atom. The lowest BCUT2D eigenvalue weighted by Gasteiger charge is -2.44. The molecule has 3 nitrogen and oxygen atoms in total. The minimum absolute atomic E-state index is 0.0772. The highest BCUT2D eigenvalue weighted by atomic mass is 32.2. The van der Waals surface area contributed by atoms with Crippen molar-refractivity contribution in [2.45, 2.75) is 161 Å². The van der Waals surface area contributed by atoms with E-state index < -0.39 is 0 Å². The number of nitrogens with zero attached hydrogens (tertiary/aromatic N) is 3. The van der Waals surface area contributed by atoms with Gasteiger partial charge in [-0.15, -0.1) is 0 Å². The van der Waals surface area contributed by atoms with Crippen molar-refractivity contribution in [1.29, 1.82) is 0 Å². The van der Waals surface area contributed by atoms with Crippen LogP contribution in [0.3, 0.4) is 0 Å². The van der Waals surface area contributed by atoms with Crippen LogP contribution in [0.4, 0.5) is 17.1 Å². The van der Waals surface area contributed by atoms with Crippen molar-refractivity contribution in [2.24, 2.45) is 28.6 Å². The molecule has 4 heterocycles. The molecule has 5 heteroatoms. The van der Waals surface area contributed by atoms with E-state index in [1.165, 1.54) is 159 Å². The average Bonchev–Trinajstić information content (AvgIpc) is 1.67. The second-order valence-electron chi connectivity index (χ2n) is 32.2. The predicted molar refractivity (Wildman–Crippen MR) is 402 cm³/mol. The fourth-order valence-electron chi connectivity index (χ4n) is 17.6. The van der Waals surface area contributed by atoms with Crippen molar-refractivity contribution in [1.82, 2.24) is 9.13 Å². The highest BCUT2D eigenvalue weighted by Crippen LogP contribution is 2.56. The molecule has 93 heavy (non-hydrogen) atoms. The van der Waals surface area contributed by atoms with Crippen molar-refractivity contribution >= 4 is 95.5 Å². The van der Waals surface area contributed by atoms with Crippen LogP contribution in [-0.2, 0) is 10.8 Å². The van der Waals surface area contributed by atoms with Crippen LogP contribution in [0.25, 0.3) is 71.6 Å². The molecule has 0 saturated carbocycles. The summed E-state index contributed by atoms with van der Waals surface area (Å²) in [6.45, 7) is 28.8. The maximum atomic E-state index is 2.95. The first-order valence-corrected chi connectivity index (χ1v) is 35.7. The maximum Gasteiger partial charge on any atom is 0.250 e. The average molecular weight is 1230 g/mol. The number of hydrogen-bond acceptors (Lipinski definition) is 2. The second kappa shape index (κ2) is 22.3. The van der Waals surface area contributed by atoms with Gasteiger partial charge in [-0.05, 0) is 202 Å². The molecule has 11 aromatic rings. The van der Waals surface area contributed by atoms with Crippen molar-refractivity contribution in [2.75, 3.05) is 4.90 Å². The molecule has 466 valence electrons. The smallest absolute Gasteiger partial charge is 0.250 e. The molecule has 0 radical (unpaired) electrons. The standard InChI is InChI=1S/C88H90BN3S/c1-85(2,3)59-42-38-57(39-43-59)64-33-25-34-65(58-40-44-60(45-41-58)86(4,5)6)83(64)91-74-37-24-21-32-68(74)80-75(91)48-49-78-82(80)89-71-47-46-63(90-72-35-22-19-30-66(72)67-31-20-23-36-73(67)90)54-76(71)92(77-52-62(88(10,11)12)53-79(93-78)81(77)89)84-69(55-26-15-13-16-27-55)50-61(87(7,8)9)51-70(84)56-28-17-14-18-29-56/h13-24,26-33,35-37,42,44,46-54,57-58,65,83H,25,34,38-41,43,45H2,1-12H3. The minimum atomic E-state index is -0.150. The lowest BCUT2D eigenvalue weighted by atomic mass is 9.34. The summed E-state index contributed by atoms with van der Waals surface area (Å²) in [5, 5.41) is 5.33. The molecule has 0 N–H and O–H groups in total. The first kappa shape index (κ1) is 60.0. The Bertz CT molecular complexity index is 4790. The fourth-order valence-corrected chi connectivity index (χ4v) is 18.8. The second-order valence-corrected chi connectivity index (χ2v) is 33.2. The van der Waals surface area contributed by atoms with E-state index in [4.69, 9.17) is 0 Å². The SMILES string of the molecule is CC(C)(C)C1=CCC(C2=CCCC(C3CC=C(C(C)(C)C)CC3)C2n2c3ccccc3c3c4c(ccc32)Sc2cc(C(C)(C)C)cc3c2B4c2ccc(-n4c5ccccc5c5ccccc54)cc2N3c2c(-c3ccccc3)cc(C(C)(C)C)cc2-c2ccccc2)CC1. The molecule has 3 aliphatic carbocycles. The Balaban J connectivity index is 1.00. The molecule has 2 aromatic heterocycles. The number of anilines is 3. The number of aromatic nitrogens is 2. The topological polar surface area (TPSA) is 13.1 Å². The van der Waals surface area contributed by atoms with Crippen LogP contribution < -0.4 is 21.3 Å². The van der Waals surface area contributed by atoms with Gasteiger partial charge in [0.05, 0.1) is 22.8 Å². The van der Waals surface area contributed by atoms with E-state index in [0.717, 1.165) is 18.5 Å². The number of fused-ring (bicyclic) bond motifs is 11. The third-order valence-electron chi connectivity index (χ3n) is 22.4. The quantitative estimate of drug-likeness (QED) is 0.117. The van der Waals surface area contributed by atoms with Crippen LogP contribution in [0.2, 0.25) is 0 Å². The van der Waals surface area contributed by atoms with Gasteiger partial charge in [0.2, 0.25) is 0 Å². The lowest BCUT2D eigenvalue weighted by Crippen LogP contribution is -2.60. The van der Waals surface area contributed by atoms with Crippen LogP contribution in [-0.4, -0.2) is 15.8 Å². The molecule has 0 bridgehead atoms. The molecule has 0 spiro atoms. The summed E-state index contributed by atoms with van der Waals surface area (Å²) in [5.74, 6) is 1.65. The first-order valence-electron chi connectivity index (χ1n) is 34.9. The summed E-state index contributed by atoms with van der Waals surface area (Å²) in [7, 11) is 0. The van der Waals surface area contributed by atoms with Crippen LogP contribution in [0.5, 0.6) is 0 Å². The molecular formula is C88H90BN3S. The first-order chi connectivity index (χ1) is 44.7. The molecule has 4 atom stereocenters. The van der Waals surface area contributed by atoms with Gasteiger partial charge >= 0.3 is 0 Å². The molecular weight excluding hydrogens is 1140 g/mol. The summed E-state index contributed by atoms with van der Waals surface area (Å²) in [4.78, 5) is 5.48. The van der Waals surface area contributed by atoms with Crippen LogP contribution in [0.15, 0.2) is 233 Å². The number of para-hydroxylation sites is 3. The normalized spacial score (nSPS) is 19.4. The number of benzene rings is 9. The highest BCUT2D eigenvalue weighted by molar-refractivity contribution is 8.00. The van der Waals surface area contributed by atoms with Crippen molar-refractivity contribution in [3.05, 3.63) is 234 Å². The molecule has 4 unspecified atom stereocenters. The zero-order valence-corrected chi connectivity index (χ0v) is 57.7. The Labute approximate surface area is 557 Å². The van der Waals surface area contributed by atoms with Gasteiger partial charge in [-0.2, -0.15) is 0 Å². The molecule has 5 aliphatic rings. The maximum absolute atomic E-state index is 2.95. The third-order valence-corrected chi connectivity index (χ3v) is 23.6. The molecule has 0 saturated heterocycles. The summed E-state index contributed by atoms with van der Waals surface area (Å²) in [6, 6.07) is 73.5. The predicted octanol–water partition coefficient (Wildman–Crippen LogP) is 23.0. The van der Waals surface area contributed by atoms with Gasteiger partial charge in [0, 0.05) is 70.6 Å². The molecule has 9 aromatic carbocycles. The lowest BCUT2D eigenvalue weighted by molar-refractivity contribution is 0.200. The van der Waals surface area contributed by atoms with E-state index in [-0.39, 0.29) is 34.4 Å². The number of rotatable bonds is 7. The molecule has 16 rings (SSSR count). The largest absolute Gasteiger partial charge is 0.333 e. The Morgan fingerprint density at radius 1 is 0.452 bits per heavy atom. The van der Waals surface area contributed by atoms with E-state index >= 15 is 0 Å². The summed E-state index contributed by atoms with van der Waals surface area (Å²) >= 11 is 2.02. The van der Waals surface area contributed by atoms with Gasteiger partial charge in [-0.1, -0.05) is 246 Å². The van der Waals surface area contributed by atoms with Gasteiger partial charge < -0.3 is 14.0 Å².